The number of aliphatic hydroxyl groups is 1. The number of benzene rings is 2. The average Bonchev–Trinajstić information content (AvgIpc) is 3.14. The van der Waals surface area contributed by atoms with E-state index in [1.54, 1.807) is 23.7 Å². The smallest absolute Gasteiger partial charge is 0.243 e. The van der Waals surface area contributed by atoms with E-state index in [4.69, 9.17) is 0 Å². The number of aromatic nitrogens is 1. The van der Waals surface area contributed by atoms with Gasteiger partial charge >= 0.3 is 0 Å². The first-order chi connectivity index (χ1) is 13.4. The molecule has 0 aliphatic rings. The molecule has 7 heteroatoms. The molecule has 5 nitrogen and oxygen atoms in total. The molecule has 3 aromatic rings. The molecule has 0 saturated carbocycles. The second-order valence-corrected chi connectivity index (χ2v) is 10.2. The summed E-state index contributed by atoms with van der Waals surface area (Å²) in [4.78, 5) is 4.46. The zero-order valence-electron chi connectivity index (χ0n) is 16.2. The molecule has 0 amide bonds. The number of sulfonamides is 1. The molecule has 0 saturated heterocycles. The van der Waals surface area contributed by atoms with Crippen LogP contribution in [0.3, 0.4) is 0 Å². The molecule has 3 rings (SSSR count). The standard InChI is InChI=1S/C21H26N2O3S2/c1-16(2)13-23(14-18(24)9-8-17-6-4-3-5-7-17)28(25,26)19-10-11-20-21(12-19)27-15-22-20/h3-7,10-12,15-16,18,24H,8-9,13-14H2,1-2H3/t18-/m1/s1. The zero-order chi connectivity index (χ0) is 20.1. The van der Waals surface area contributed by atoms with Gasteiger partial charge in [0.15, 0.2) is 0 Å². The van der Waals surface area contributed by atoms with Gasteiger partial charge in [0, 0.05) is 13.1 Å². The SMILES string of the molecule is CC(C)CN(C[C@H](O)CCc1ccccc1)S(=O)(=O)c1ccc2ncsc2c1. The summed E-state index contributed by atoms with van der Waals surface area (Å²) in [6, 6.07) is 14.9. The van der Waals surface area contributed by atoms with Crippen LogP contribution >= 0.6 is 11.3 Å². The third-order valence-electron chi connectivity index (χ3n) is 4.53. The van der Waals surface area contributed by atoms with Gasteiger partial charge in [-0.15, -0.1) is 11.3 Å². The fraction of sp³-hybridized carbons (Fsp3) is 0.381. The van der Waals surface area contributed by atoms with Crippen molar-refractivity contribution in [2.75, 3.05) is 13.1 Å². The van der Waals surface area contributed by atoms with Crippen molar-refractivity contribution in [1.82, 2.24) is 9.29 Å². The Morgan fingerprint density at radius 3 is 2.57 bits per heavy atom. The van der Waals surface area contributed by atoms with Gasteiger partial charge in [0.1, 0.15) is 0 Å². The van der Waals surface area contributed by atoms with Crippen molar-refractivity contribution < 1.29 is 13.5 Å². The number of aliphatic hydroxyl groups excluding tert-OH is 1. The molecular weight excluding hydrogens is 392 g/mol. The lowest BCUT2D eigenvalue weighted by Gasteiger charge is -2.26. The second-order valence-electron chi connectivity index (χ2n) is 7.38. The quantitative estimate of drug-likeness (QED) is 0.571. The van der Waals surface area contributed by atoms with Crippen molar-refractivity contribution in [3.8, 4) is 0 Å². The maximum absolute atomic E-state index is 13.2. The van der Waals surface area contributed by atoms with Crippen molar-refractivity contribution in [3.63, 3.8) is 0 Å². The molecule has 0 aliphatic heterocycles. The average molecular weight is 419 g/mol. The third-order valence-corrected chi connectivity index (χ3v) is 7.15. The summed E-state index contributed by atoms with van der Waals surface area (Å²) in [6.07, 6.45) is 0.507. The Morgan fingerprint density at radius 2 is 1.86 bits per heavy atom. The summed E-state index contributed by atoms with van der Waals surface area (Å²) < 4.78 is 28.7. The first kappa shape index (κ1) is 20.9. The highest BCUT2D eigenvalue weighted by Crippen LogP contribution is 2.25. The van der Waals surface area contributed by atoms with E-state index in [0.717, 1.165) is 15.8 Å². The van der Waals surface area contributed by atoms with Gasteiger partial charge in [0.2, 0.25) is 10.0 Å². The number of nitrogens with zero attached hydrogens (tertiary/aromatic N) is 2. The van der Waals surface area contributed by atoms with Crippen molar-refractivity contribution in [1.29, 1.82) is 0 Å². The molecule has 1 atom stereocenters. The van der Waals surface area contributed by atoms with Gasteiger partial charge in [-0.1, -0.05) is 44.2 Å². The van der Waals surface area contributed by atoms with Gasteiger partial charge in [0.25, 0.3) is 0 Å². The predicted molar refractivity (Wildman–Crippen MR) is 114 cm³/mol. The molecule has 1 aromatic heterocycles. The van der Waals surface area contributed by atoms with E-state index in [1.165, 1.54) is 15.6 Å². The Bertz CT molecular complexity index is 1000. The summed E-state index contributed by atoms with van der Waals surface area (Å²) in [7, 11) is -3.69. The van der Waals surface area contributed by atoms with Crippen molar-refractivity contribution >= 4 is 31.6 Å². The summed E-state index contributed by atoms with van der Waals surface area (Å²) in [5, 5.41) is 10.5. The van der Waals surface area contributed by atoms with Gasteiger partial charge in [-0.25, -0.2) is 13.4 Å². The molecule has 0 fully saturated rings. The number of fused-ring (bicyclic) bond motifs is 1. The number of hydrogen-bond acceptors (Lipinski definition) is 5. The molecule has 150 valence electrons. The van der Waals surface area contributed by atoms with Crippen molar-refractivity contribution in [2.45, 2.75) is 37.7 Å². The van der Waals surface area contributed by atoms with Crippen LogP contribution in [0.15, 0.2) is 58.9 Å². The van der Waals surface area contributed by atoms with E-state index >= 15 is 0 Å². The van der Waals surface area contributed by atoms with Gasteiger partial charge in [-0.3, -0.25) is 0 Å². The predicted octanol–water partition coefficient (Wildman–Crippen LogP) is 3.94. The molecule has 0 radical (unpaired) electrons. The largest absolute Gasteiger partial charge is 0.392 e. The summed E-state index contributed by atoms with van der Waals surface area (Å²) in [5.41, 5.74) is 3.64. The van der Waals surface area contributed by atoms with Crippen LogP contribution in [0.1, 0.15) is 25.8 Å². The van der Waals surface area contributed by atoms with Crippen LogP contribution < -0.4 is 0 Å². The first-order valence-corrected chi connectivity index (χ1v) is 11.7. The highest BCUT2D eigenvalue weighted by molar-refractivity contribution is 7.89. The van der Waals surface area contributed by atoms with Crippen LogP contribution in [0.25, 0.3) is 10.2 Å². The van der Waals surface area contributed by atoms with E-state index in [2.05, 4.69) is 4.98 Å². The Labute approximate surface area is 170 Å². The summed E-state index contributed by atoms with van der Waals surface area (Å²) >= 11 is 1.42. The summed E-state index contributed by atoms with van der Waals surface area (Å²) in [5.74, 6) is 0.156. The number of thiazole rings is 1. The zero-order valence-corrected chi connectivity index (χ0v) is 17.8. The fourth-order valence-electron chi connectivity index (χ4n) is 3.13. The van der Waals surface area contributed by atoms with Gasteiger partial charge in [0.05, 0.1) is 26.7 Å². The Hall–Kier alpha value is -1.80. The van der Waals surface area contributed by atoms with Crippen LogP contribution in [0.5, 0.6) is 0 Å². The molecule has 0 unspecified atom stereocenters. The molecule has 2 aromatic carbocycles. The van der Waals surface area contributed by atoms with Crippen LogP contribution in [-0.4, -0.2) is 42.0 Å². The minimum absolute atomic E-state index is 0.0913. The van der Waals surface area contributed by atoms with Crippen molar-refractivity contribution in [3.05, 3.63) is 59.6 Å². The Balaban J connectivity index is 1.76. The lowest BCUT2D eigenvalue weighted by molar-refractivity contribution is 0.133. The first-order valence-electron chi connectivity index (χ1n) is 9.41. The van der Waals surface area contributed by atoms with Gasteiger partial charge in [-0.2, -0.15) is 4.31 Å². The monoisotopic (exact) mass is 418 g/mol. The van der Waals surface area contributed by atoms with Crippen LogP contribution in [0, 0.1) is 5.92 Å². The lowest BCUT2D eigenvalue weighted by Crippen LogP contribution is -2.40. The molecule has 28 heavy (non-hydrogen) atoms. The van der Waals surface area contributed by atoms with E-state index in [9.17, 15) is 13.5 Å². The van der Waals surface area contributed by atoms with Crippen LogP contribution in [0.4, 0.5) is 0 Å². The van der Waals surface area contributed by atoms with E-state index in [-0.39, 0.29) is 17.4 Å². The molecule has 1 N–H and O–H groups in total. The molecule has 0 bridgehead atoms. The Morgan fingerprint density at radius 1 is 1.11 bits per heavy atom. The maximum atomic E-state index is 13.2. The van der Waals surface area contributed by atoms with E-state index in [0.29, 0.717) is 19.4 Å². The van der Waals surface area contributed by atoms with Crippen molar-refractivity contribution in [2.24, 2.45) is 5.92 Å². The van der Waals surface area contributed by atoms with Crippen LogP contribution in [0.2, 0.25) is 0 Å². The summed E-state index contributed by atoms with van der Waals surface area (Å²) in [6.45, 7) is 4.41. The normalized spacial score (nSPS) is 13.5. The van der Waals surface area contributed by atoms with Gasteiger partial charge < -0.3 is 5.11 Å². The number of aryl methyl sites for hydroxylation is 1. The lowest BCUT2D eigenvalue weighted by atomic mass is 10.1. The molecule has 0 aliphatic carbocycles. The molecule has 0 spiro atoms. The van der Waals surface area contributed by atoms with Crippen LogP contribution in [-0.2, 0) is 16.4 Å². The molecule has 1 heterocycles. The number of hydrogen-bond donors (Lipinski definition) is 1. The highest BCUT2D eigenvalue weighted by atomic mass is 32.2. The minimum Gasteiger partial charge on any atom is -0.392 e. The maximum Gasteiger partial charge on any atom is 0.243 e. The third kappa shape index (κ3) is 5.17. The second kappa shape index (κ2) is 9.13. The fourth-order valence-corrected chi connectivity index (χ4v) is 5.59. The highest BCUT2D eigenvalue weighted by Gasteiger charge is 2.27. The Kier molecular flexibility index (Phi) is 6.82. The van der Waals surface area contributed by atoms with Gasteiger partial charge in [-0.05, 0) is 42.5 Å². The minimum atomic E-state index is -3.69. The van der Waals surface area contributed by atoms with E-state index < -0.39 is 16.1 Å². The number of rotatable bonds is 9. The molecular formula is C21H26N2O3S2. The van der Waals surface area contributed by atoms with E-state index in [1.807, 2.05) is 44.2 Å². The topological polar surface area (TPSA) is 70.5 Å².